The number of nitrogens with one attached hydrogen (secondary N) is 1. The maximum atomic E-state index is 13.1. The molecule has 1 aromatic rings. The summed E-state index contributed by atoms with van der Waals surface area (Å²) in [5.74, 6) is 0.335. The van der Waals surface area contributed by atoms with Crippen molar-refractivity contribution in [3.05, 3.63) is 30.3 Å². The summed E-state index contributed by atoms with van der Waals surface area (Å²) in [6.07, 6.45) is 1.83. The molecule has 1 atom stereocenters. The molecular weight excluding hydrogens is 358 g/mol. The maximum Gasteiger partial charge on any atom is 0.245 e. The molecule has 3 rings (SSSR count). The van der Waals surface area contributed by atoms with Crippen LogP contribution in [0.25, 0.3) is 0 Å². The highest BCUT2D eigenvalue weighted by molar-refractivity contribution is 5.92. The summed E-state index contributed by atoms with van der Waals surface area (Å²) in [7, 11) is 0. The van der Waals surface area contributed by atoms with Crippen LogP contribution in [-0.4, -0.2) is 65.8 Å². The molecule has 28 heavy (non-hydrogen) atoms. The SMILES string of the molecule is CC1(C)C(=O)NCCN1C(=O)C1CCCN(C(=O)CCOc2ccccc2)C1. The molecule has 0 saturated carbocycles. The molecule has 0 radical (unpaired) electrons. The Morgan fingerprint density at radius 1 is 1.21 bits per heavy atom. The largest absolute Gasteiger partial charge is 0.493 e. The predicted octanol–water partition coefficient (Wildman–Crippen LogP) is 1.43. The lowest BCUT2D eigenvalue weighted by Crippen LogP contribution is -2.65. The number of likely N-dealkylation sites (tertiary alicyclic amines) is 1. The van der Waals surface area contributed by atoms with Gasteiger partial charge >= 0.3 is 0 Å². The Bertz CT molecular complexity index is 720. The van der Waals surface area contributed by atoms with Crippen LogP contribution in [0.4, 0.5) is 0 Å². The Balaban J connectivity index is 1.53. The smallest absolute Gasteiger partial charge is 0.245 e. The number of hydrogen-bond donors (Lipinski definition) is 1. The normalized spacial score (nSPS) is 21.8. The van der Waals surface area contributed by atoms with Gasteiger partial charge in [0, 0.05) is 26.2 Å². The van der Waals surface area contributed by atoms with Gasteiger partial charge in [-0.05, 0) is 38.8 Å². The lowest BCUT2D eigenvalue weighted by Gasteiger charge is -2.44. The van der Waals surface area contributed by atoms with Crippen LogP contribution in [0.15, 0.2) is 30.3 Å². The number of nitrogens with zero attached hydrogens (tertiary/aromatic N) is 2. The van der Waals surface area contributed by atoms with Gasteiger partial charge in [0.15, 0.2) is 0 Å². The fourth-order valence-electron chi connectivity index (χ4n) is 3.84. The molecule has 2 saturated heterocycles. The van der Waals surface area contributed by atoms with Crippen LogP contribution in [-0.2, 0) is 14.4 Å². The Hall–Kier alpha value is -2.57. The molecule has 152 valence electrons. The number of amides is 3. The number of ether oxygens (including phenoxy) is 1. The molecule has 7 nitrogen and oxygen atoms in total. The molecule has 2 heterocycles. The highest BCUT2D eigenvalue weighted by atomic mass is 16.5. The van der Waals surface area contributed by atoms with Gasteiger partial charge in [0.1, 0.15) is 11.3 Å². The number of piperidine rings is 1. The van der Waals surface area contributed by atoms with Crippen LogP contribution in [0.3, 0.4) is 0 Å². The van der Waals surface area contributed by atoms with E-state index in [4.69, 9.17) is 4.74 Å². The van der Waals surface area contributed by atoms with E-state index >= 15 is 0 Å². The summed E-state index contributed by atoms with van der Waals surface area (Å²) < 4.78 is 5.61. The molecular formula is C21H29N3O4. The predicted molar refractivity (Wildman–Crippen MR) is 105 cm³/mol. The monoisotopic (exact) mass is 387 g/mol. The van der Waals surface area contributed by atoms with Gasteiger partial charge in [0.25, 0.3) is 0 Å². The molecule has 0 spiro atoms. The number of benzene rings is 1. The number of carbonyl (C=O) groups excluding carboxylic acids is 3. The Morgan fingerprint density at radius 2 is 1.96 bits per heavy atom. The van der Waals surface area contributed by atoms with Crippen molar-refractivity contribution in [2.24, 2.45) is 5.92 Å². The molecule has 2 fully saturated rings. The van der Waals surface area contributed by atoms with Crippen molar-refractivity contribution in [2.45, 2.75) is 38.6 Å². The average molecular weight is 387 g/mol. The van der Waals surface area contributed by atoms with Crippen LogP contribution in [0.5, 0.6) is 5.75 Å². The van der Waals surface area contributed by atoms with Gasteiger partial charge in [-0.25, -0.2) is 0 Å². The van der Waals surface area contributed by atoms with E-state index in [9.17, 15) is 14.4 Å². The first-order chi connectivity index (χ1) is 13.4. The zero-order chi connectivity index (χ0) is 20.1. The van der Waals surface area contributed by atoms with E-state index in [-0.39, 0.29) is 30.1 Å². The Morgan fingerprint density at radius 3 is 2.71 bits per heavy atom. The summed E-state index contributed by atoms with van der Waals surface area (Å²) in [6, 6.07) is 9.41. The molecule has 0 aromatic heterocycles. The van der Waals surface area contributed by atoms with Gasteiger partial charge < -0.3 is 19.9 Å². The zero-order valence-corrected chi connectivity index (χ0v) is 16.6. The molecule has 3 amide bonds. The second-order valence-corrected chi connectivity index (χ2v) is 7.90. The number of piperazine rings is 1. The van der Waals surface area contributed by atoms with Crippen molar-refractivity contribution in [1.29, 1.82) is 0 Å². The first kappa shape index (κ1) is 20.2. The van der Waals surface area contributed by atoms with Crippen molar-refractivity contribution < 1.29 is 19.1 Å². The van der Waals surface area contributed by atoms with E-state index in [0.29, 0.717) is 32.8 Å². The molecule has 0 bridgehead atoms. The van der Waals surface area contributed by atoms with E-state index in [1.807, 2.05) is 30.3 Å². The third-order valence-electron chi connectivity index (χ3n) is 5.57. The Kier molecular flexibility index (Phi) is 6.21. The second kappa shape index (κ2) is 8.63. The van der Waals surface area contributed by atoms with Crippen LogP contribution in [0.2, 0.25) is 0 Å². The van der Waals surface area contributed by atoms with Gasteiger partial charge in [-0.2, -0.15) is 0 Å². The van der Waals surface area contributed by atoms with Crippen LogP contribution in [0.1, 0.15) is 33.1 Å². The molecule has 1 aromatic carbocycles. The van der Waals surface area contributed by atoms with E-state index in [1.165, 1.54) is 0 Å². The summed E-state index contributed by atoms with van der Waals surface area (Å²) in [5, 5.41) is 2.81. The minimum absolute atomic E-state index is 0.00378. The number of para-hydroxylation sites is 1. The van der Waals surface area contributed by atoms with Gasteiger partial charge in [0.2, 0.25) is 17.7 Å². The van der Waals surface area contributed by atoms with Gasteiger partial charge in [0.05, 0.1) is 18.9 Å². The molecule has 7 heteroatoms. The topological polar surface area (TPSA) is 79.0 Å². The molecule has 1 unspecified atom stereocenters. The van der Waals surface area contributed by atoms with E-state index in [0.717, 1.165) is 18.6 Å². The van der Waals surface area contributed by atoms with Gasteiger partial charge in [-0.1, -0.05) is 18.2 Å². The van der Waals surface area contributed by atoms with Crippen molar-refractivity contribution in [3.63, 3.8) is 0 Å². The lowest BCUT2D eigenvalue weighted by atomic mass is 9.91. The third-order valence-corrected chi connectivity index (χ3v) is 5.57. The third kappa shape index (κ3) is 4.46. The first-order valence-electron chi connectivity index (χ1n) is 9.95. The summed E-state index contributed by atoms with van der Waals surface area (Å²) in [5.41, 5.74) is -0.856. The Labute approximate surface area is 166 Å². The quantitative estimate of drug-likeness (QED) is 0.829. The van der Waals surface area contributed by atoms with Crippen LogP contribution >= 0.6 is 0 Å². The minimum atomic E-state index is -0.856. The van der Waals surface area contributed by atoms with Gasteiger partial charge in [-0.15, -0.1) is 0 Å². The van der Waals surface area contributed by atoms with E-state index < -0.39 is 5.54 Å². The van der Waals surface area contributed by atoms with E-state index in [1.54, 1.807) is 23.6 Å². The van der Waals surface area contributed by atoms with Crippen molar-refractivity contribution in [3.8, 4) is 5.75 Å². The summed E-state index contributed by atoms with van der Waals surface area (Å²) >= 11 is 0. The van der Waals surface area contributed by atoms with Crippen molar-refractivity contribution in [1.82, 2.24) is 15.1 Å². The highest BCUT2D eigenvalue weighted by Crippen LogP contribution is 2.25. The number of carbonyl (C=O) groups is 3. The van der Waals surface area contributed by atoms with Crippen molar-refractivity contribution in [2.75, 3.05) is 32.8 Å². The maximum absolute atomic E-state index is 13.1. The zero-order valence-electron chi connectivity index (χ0n) is 16.6. The number of rotatable bonds is 5. The molecule has 2 aliphatic rings. The van der Waals surface area contributed by atoms with Crippen molar-refractivity contribution >= 4 is 17.7 Å². The van der Waals surface area contributed by atoms with Gasteiger partial charge in [-0.3, -0.25) is 14.4 Å². The fourth-order valence-corrected chi connectivity index (χ4v) is 3.84. The molecule has 2 aliphatic heterocycles. The molecule has 1 N–H and O–H groups in total. The van der Waals surface area contributed by atoms with Crippen LogP contribution in [0, 0.1) is 5.92 Å². The molecule has 0 aliphatic carbocycles. The average Bonchev–Trinajstić information content (AvgIpc) is 2.70. The standard InChI is InChI=1S/C21H29N3O4/c1-21(2)20(27)22-11-13-24(21)19(26)16-7-6-12-23(15-16)18(25)10-14-28-17-8-4-3-5-9-17/h3-5,8-9,16H,6-7,10-15H2,1-2H3,(H,22,27). The lowest BCUT2D eigenvalue weighted by molar-refractivity contribution is -0.154. The minimum Gasteiger partial charge on any atom is -0.493 e. The fraction of sp³-hybridized carbons (Fsp3) is 0.571. The van der Waals surface area contributed by atoms with Crippen LogP contribution < -0.4 is 10.1 Å². The number of hydrogen-bond acceptors (Lipinski definition) is 4. The second-order valence-electron chi connectivity index (χ2n) is 7.90. The summed E-state index contributed by atoms with van der Waals surface area (Å²) in [6.45, 7) is 5.91. The first-order valence-corrected chi connectivity index (χ1v) is 9.95. The van der Waals surface area contributed by atoms with E-state index in [2.05, 4.69) is 5.32 Å². The highest BCUT2D eigenvalue weighted by Gasteiger charge is 2.43. The summed E-state index contributed by atoms with van der Waals surface area (Å²) in [4.78, 5) is 41.2.